The van der Waals surface area contributed by atoms with E-state index in [0.717, 1.165) is 0 Å². The minimum atomic E-state index is -1.24. The van der Waals surface area contributed by atoms with E-state index in [2.05, 4.69) is 21.2 Å². The van der Waals surface area contributed by atoms with E-state index in [1.165, 1.54) is 27.2 Å². The second-order valence-electron chi connectivity index (χ2n) is 3.75. The fourth-order valence-electron chi connectivity index (χ4n) is 1.53. The zero-order valence-corrected chi connectivity index (χ0v) is 12.8. The Morgan fingerprint density at radius 3 is 2.40 bits per heavy atom. The summed E-state index contributed by atoms with van der Waals surface area (Å²) in [7, 11) is 2.96. The molecule has 108 valence electrons. The van der Waals surface area contributed by atoms with Crippen LogP contribution in [0.15, 0.2) is 22.3 Å². The van der Waals surface area contributed by atoms with Gasteiger partial charge in [0.05, 0.1) is 14.2 Å². The van der Waals surface area contributed by atoms with Crippen molar-refractivity contribution in [1.82, 2.24) is 5.32 Å². The van der Waals surface area contributed by atoms with E-state index < -0.39 is 11.9 Å². The number of carbonyl (C=O) groups is 2. The highest BCUT2D eigenvalue weighted by molar-refractivity contribution is 9.10. The SMILES string of the molecule is COc1ccc(/C=C(/NC(C)=O)C(=O)O)c(OC)c1Br. The molecule has 0 aromatic heterocycles. The maximum Gasteiger partial charge on any atom is 0.352 e. The van der Waals surface area contributed by atoms with Crippen molar-refractivity contribution in [2.24, 2.45) is 0 Å². The number of amides is 1. The van der Waals surface area contributed by atoms with Gasteiger partial charge in [0.1, 0.15) is 21.7 Å². The third-order valence-corrected chi connectivity index (χ3v) is 3.11. The predicted molar refractivity (Wildman–Crippen MR) is 76.7 cm³/mol. The number of hydrogen-bond acceptors (Lipinski definition) is 4. The molecule has 6 nitrogen and oxygen atoms in total. The molecule has 0 radical (unpaired) electrons. The zero-order chi connectivity index (χ0) is 15.3. The van der Waals surface area contributed by atoms with Gasteiger partial charge in [-0.05, 0) is 34.1 Å². The average molecular weight is 344 g/mol. The van der Waals surface area contributed by atoms with Crippen LogP contribution >= 0.6 is 15.9 Å². The van der Waals surface area contributed by atoms with E-state index in [1.54, 1.807) is 12.1 Å². The molecule has 0 spiro atoms. The van der Waals surface area contributed by atoms with Crippen LogP contribution in [-0.4, -0.2) is 31.2 Å². The number of hydrogen-bond donors (Lipinski definition) is 2. The van der Waals surface area contributed by atoms with Crippen LogP contribution in [0.1, 0.15) is 12.5 Å². The highest BCUT2D eigenvalue weighted by Crippen LogP contribution is 2.37. The van der Waals surface area contributed by atoms with Gasteiger partial charge in [0.2, 0.25) is 5.91 Å². The molecule has 0 atom stereocenters. The molecule has 0 saturated heterocycles. The van der Waals surface area contributed by atoms with Gasteiger partial charge in [-0.1, -0.05) is 0 Å². The van der Waals surface area contributed by atoms with Crippen LogP contribution in [0.2, 0.25) is 0 Å². The molecule has 0 heterocycles. The summed E-state index contributed by atoms with van der Waals surface area (Å²) in [6, 6.07) is 3.29. The predicted octanol–water partition coefficient (Wildman–Crippen LogP) is 2.03. The highest BCUT2D eigenvalue weighted by Gasteiger charge is 2.15. The Labute approximate surface area is 124 Å². The van der Waals surface area contributed by atoms with Crippen molar-refractivity contribution in [1.29, 1.82) is 0 Å². The van der Waals surface area contributed by atoms with Crippen LogP contribution in [0.3, 0.4) is 0 Å². The van der Waals surface area contributed by atoms with Gasteiger partial charge in [0.15, 0.2) is 0 Å². The standard InChI is InChI=1S/C13H14BrNO5/c1-7(16)15-9(13(17)18)6-8-4-5-10(19-2)11(14)12(8)20-3/h4-6H,1-3H3,(H,15,16)(H,17,18)/b9-6+. The first-order valence-corrected chi connectivity index (χ1v) is 6.33. The lowest BCUT2D eigenvalue weighted by molar-refractivity contribution is -0.134. The fraction of sp³-hybridized carbons (Fsp3) is 0.231. The van der Waals surface area contributed by atoms with Gasteiger partial charge in [-0.3, -0.25) is 4.79 Å². The van der Waals surface area contributed by atoms with Crippen LogP contribution in [0.4, 0.5) is 0 Å². The first kappa shape index (κ1) is 16.0. The first-order valence-electron chi connectivity index (χ1n) is 5.53. The number of halogens is 1. The highest BCUT2D eigenvalue weighted by atomic mass is 79.9. The van der Waals surface area contributed by atoms with Crippen LogP contribution in [0.25, 0.3) is 6.08 Å². The lowest BCUT2D eigenvalue weighted by Crippen LogP contribution is -2.24. The Hall–Kier alpha value is -2.02. The normalized spacial score (nSPS) is 10.9. The van der Waals surface area contributed by atoms with Crippen LogP contribution in [-0.2, 0) is 9.59 Å². The Bertz CT molecular complexity index is 568. The van der Waals surface area contributed by atoms with Crippen molar-refractivity contribution >= 4 is 33.9 Å². The molecule has 1 rings (SSSR count). The van der Waals surface area contributed by atoms with Crippen LogP contribution in [0, 0.1) is 0 Å². The van der Waals surface area contributed by atoms with E-state index in [9.17, 15) is 9.59 Å². The molecule has 1 aromatic rings. The molecule has 20 heavy (non-hydrogen) atoms. The maximum absolute atomic E-state index is 11.1. The van der Waals surface area contributed by atoms with E-state index in [-0.39, 0.29) is 5.70 Å². The Morgan fingerprint density at radius 2 is 1.95 bits per heavy atom. The fourth-order valence-corrected chi connectivity index (χ4v) is 2.21. The third kappa shape index (κ3) is 3.74. The maximum atomic E-state index is 11.1. The van der Waals surface area contributed by atoms with Crippen molar-refractivity contribution in [2.45, 2.75) is 6.92 Å². The number of benzene rings is 1. The second-order valence-corrected chi connectivity index (χ2v) is 4.54. The van der Waals surface area contributed by atoms with Gasteiger partial charge < -0.3 is 19.9 Å². The molecule has 2 N–H and O–H groups in total. The number of rotatable bonds is 5. The molecule has 0 fully saturated rings. The molecule has 7 heteroatoms. The van der Waals surface area contributed by atoms with Crippen molar-refractivity contribution in [3.63, 3.8) is 0 Å². The van der Waals surface area contributed by atoms with E-state index in [0.29, 0.717) is 21.5 Å². The van der Waals surface area contributed by atoms with Crippen LogP contribution in [0.5, 0.6) is 11.5 Å². The first-order chi connectivity index (χ1) is 9.40. The Balaban J connectivity index is 3.34. The summed E-state index contributed by atoms with van der Waals surface area (Å²) in [6.07, 6.45) is 1.31. The zero-order valence-electron chi connectivity index (χ0n) is 11.2. The van der Waals surface area contributed by atoms with E-state index in [1.807, 2.05) is 0 Å². The Morgan fingerprint density at radius 1 is 1.30 bits per heavy atom. The number of carboxylic acid groups (broad SMARTS) is 1. The number of aliphatic carboxylic acids is 1. The van der Waals surface area contributed by atoms with Gasteiger partial charge in [0.25, 0.3) is 0 Å². The van der Waals surface area contributed by atoms with Gasteiger partial charge in [-0.25, -0.2) is 4.79 Å². The summed E-state index contributed by atoms with van der Waals surface area (Å²) in [6.45, 7) is 1.23. The minimum absolute atomic E-state index is 0.243. The topological polar surface area (TPSA) is 84.9 Å². The van der Waals surface area contributed by atoms with Gasteiger partial charge >= 0.3 is 5.97 Å². The summed E-state index contributed by atoms with van der Waals surface area (Å²) in [4.78, 5) is 22.1. The molecule has 1 aromatic carbocycles. The molecule has 0 unspecified atom stereocenters. The summed E-state index contributed by atoms with van der Waals surface area (Å²) in [5.41, 5.74) is 0.249. The van der Waals surface area contributed by atoms with Crippen molar-refractivity contribution in [3.8, 4) is 11.5 Å². The molecule has 0 aliphatic heterocycles. The minimum Gasteiger partial charge on any atom is -0.495 e. The summed E-state index contributed by atoms with van der Waals surface area (Å²) < 4.78 is 10.9. The molecule has 0 saturated carbocycles. The molecule has 0 aliphatic rings. The number of ether oxygens (including phenoxy) is 2. The molecule has 0 aliphatic carbocycles. The lowest BCUT2D eigenvalue weighted by atomic mass is 10.1. The monoisotopic (exact) mass is 343 g/mol. The quantitative estimate of drug-likeness (QED) is 0.799. The number of methoxy groups -OCH3 is 2. The van der Waals surface area contributed by atoms with E-state index >= 15 is 0 Å². The molecular formula is C13H14BrNO5. The summed E-state index contributed by atoms with van der Waals surface area (Å²) in [5.74, 6) is -0.747. The second kappa shape index (κ2) is 6.95. The van der Waals surface area contributed by atoms with Crippen molar-refractivity contribution in [2.75, 3.05) is 14.2 Å². The smallest absolute Gasteiger partial charge is 0.352 e. The number of nitrogens with one attached hydrogen (secondary N) is 1. The van der Waals surface area contributed by atoms with Crippen molar-refractivity contribution < 1.29 is 24.2 Å². The lowest BCUT2D eigenvalue weighted by Gasteiger charge is -2.12. The third-order valence-electron chi connectivity index (χ3n) is 2.36. The summed E-state index contributed by atoms with van der Waals surface area (Å²) >= 11 is 3.32. The van der Waals surface area contributed by atoms with Gasteiger partial charge in [-0.15, -0.1) is 0 Å². The number of carboxylic acids is 1. The van der Waals surface area contributed by atoms with Crippen molar-refractivity contribution in [3.05, 3.63) is 27.9 Å². The number of carbonyl (C=O) groups excluding carboxylic acids is 1. The average Bonchev–Trinajstić information content (AvgIpc) is 2.37. The van der Waals surface area contributed by atoms with E-state index in [4.69, 9.17) is 14.6 Å². The van der Waals surface area contributed by atoms with Gasteiger partial charge in [-0.2, -0.15) is 0 Å². The molecule has 0 bridgehead atoms. The summed E-state index contributed by atoms with van der Waals surface area (Å²) in [5, 5.41) is 11.3. The Kier molecular flexibility index (Phi) is 5.57. The molecular weight excluding hydrogens is 330 g/mol. The largest absolute Gasteiger partial charge is 0.495 e. The van der Waals surface area contributed by atoms with Crippen LogP contribution < -0.4 is 14.8 Å². The van der Waals surface area contributed by atoms with Gasteiger partial charge in [0, 0.05) is 12.5 Å². The molecule has 1 amide bonds.